The number of carbonyl (C=O) groups excluding carboxylic acids is 1. The molecular formula is C12H19N3O2. The molecule has 1 aliphatic rings. The second-order valence-electron chi connectivity index (χ2n) is 4.73. The third-order valence-corrected chi connectivity index (χ3v) is 3.28. The third kappa shape index (κ3) is 3.56. The summed E-state index contributed by atoms with van der Waals surface area (Å²) in [5.74, 6) is -0.0270. The molecule has 0 unspecified atom stereocenters. The van der Waals surface area contributed by atoms with Gasteiger partial charge in [0.05, 0.1) is 5.60 Å². The lowest BCUT2D eigenvalue weighted by molar-refractivity contribution is -0.122. The van der Waals surface area contributed by atoms with Gasteiger partial charge in [-0.25, -0.2) is 0 Å². The SMILES string of the molecule is O=C(CCn1cccn1)NCC1(O)CCCC1. The lowest BCUT2D eigenvalue weighted by Crippen LogP contribution is -2.40. The molecule has 0 saturated heterocycles. The number of nitrogens with zero attached hydrogens (tertiary/aromatic N) is 2. The Bertz CT molecular complexity index is 356. The van der Waals surface area contributed by atoms with Crippen LogP contribution in [0.3, 0.4) is 0 Å². The van der Waals surface area contributed by atoms with Crippen LogP contribution in [0.1, 0.15) is 32.1 Å². The minimum Gasteiger partial charge on any atom is -0.388 e. The number of hydrogen-bond acceptors (Lipinski definition) is 3. The van der Waals surface area contributed by atoms with Gasteiger partial charge >= 0.3 is 0 Å². The first-order valence-corrected chi connectivity index (χ1v) is 6.14. The molecule has 0 aliphatic heterocycles. The van der Waals surface area contributed by atoms with E-state index in [1.165, 1.54) is 0 Å². The summed E-state index contributed by atoms with van der Waals surface area (Å²) in [5.41, 5.74) is -0.665. The van der Waals surface area contributed by atoms with Crippen LogP contribution in [0.4, 0.5) is 0 Å². The third-order valence-electron chi connectivity index (χ3n) is 3.28. The first-order valence-electron chi connectivity index (χ1n) is 6.14. The van der Waals surface area contributed by atoms with Gasteiger partial charge in [-0.2, -0.15) is 5.10 Å². The largest absolute Gasteiger partial charge is 0.388 e. The molecule has 2 N–H and O–H groups in total. The summed E-state index contributed by atoms with van der Waals surface area (Å²) in [4.78, 5) is 11.6. The van der Waals surface area contributed by atoms with Crippen molar-refractivity contribution in [1.82, 2.24) is 15.1 Å². The molecular weight excluding hydrogens is 218 g/mol. The molecule has 1 amide bonds. The van der Waals surface area contributed by atoms with Gasteiger partial charge in [0.15, 0.2) is 0 Å². The zero-order valence-corrected chi connectivity index (χ0v) is 9.93. The van der Waals surface area contributed by atoms with Crippen LogP contribution < -0.4 is 5.32 Å². The summed E-state index contributed by atoms with van der Waals surface area (Å²) >= 11 is 0. The van der Waals surface area contributed by atoms with Crippen LogP contribution in [0.25, 0.3) is 0 Å². The van der Waals surface area contributed by atoms with Crippen molar-refractivity contribution >= 4 is 5.91 Å². The van der Waals surface area contributed by atoms with Crippen molar-refractivity contribution in [3.05, 3.63) is 18.5 Å². The molecule has 1 fully saturated rings. The zero-order valence-electron chi connectivity index (χ0n) is 9.93. The molecule has 0 bridgehead atoms. The number of nitrogens with one attached hydrogen (secondary N) is 1. The summed E-state index contributed by atoms with van der Waals surface area (Å²) in [5, 5.41) is 16.9. The van der Waals surface area contributed by atoms with Gasteiger partial charge in [-0.1, -0.05) is 12.8 Å². The maximum absolute atomic E-state index is 11.6. The molecule has 1 heterocycles. The second-order valence-corrected chi connectivity index (χ2v) is 4.73. The molecule has 0 radical (unpaired) electrons. The maximum atomic E-state index is 11.6. The average molecular weight is 237 g/mol. The van der Waals surface area contributed by atoms with Crippen LogP contribution in [-0.2, 0) is 11.3 Å². The quantitative estimate of drug-likeness (QED) is 0.792. The van der Waals surface area contributed by atoms with Crippen LogP contribution in [-0.4, -0.2) is 32.9 Å². The summed E-state index contributed by atoms with van der Waals surface area (Å²) in [6, 6.07) is 1.83. The number of hydrogen-bond donors (Lipinski definition) is 2. The summed E-state index contributed by atoms with van der Waals surface area (Å²) in [7, 11) is 0. The molecule has 1 aromatic rings. The van der Waals surface area contributed by atoms with Gasteiger partial charge in [0.1, 0.15) is 0 Å². The number of carbonyl (C=O) groups is 1. The van der Waals surface area contributed by atoms with Crippen molar-refractivity contribution in [2.45, 2.75) is 44.2 Å². The highest BCUT2D eigenvalue weighted by Gasteiger charge is 2.31. The minimum atomic E-state index is -0.665. The fourth-order valence-electron chi connectivity index (χ4n) is 2.21. The number of aryl methyl sites for hydroxylation is 1. The molecule has 1 aliphatic carbocycles. The molecule has 5 heteroatoms. The highest BCUT2D eigenvalue weighted by molar-refractivity contribution is 5.75. The number of rotatable bonds is 5. The zero-order chi connectivity index (χ0) is 12.1. The van der Waals surface area contributed by atoms with Crippen molar-refractivity contribution in [3.63, 3.8) is 0 Å². The Hall–Kier alpha value is -1.36. The molecule has 5 nitrogen and oxygen atoms in total. The van der Waals surface area contributed by atoms with Gasteiger partial charge < -0.3 is 10.4 Å². The second kappa shape index (κ2) is 5.31. The van der Waals surface area contributed by atoms with Crippen molar-refractivity contribution in [2.75, 3.05) is 6.54 Å². The Kier molecular flexibility index (Phi) is 3.78. The van der Waals surface area contributed by atoms with E-state index in [-0.39, 0.29) is 5.91 Å². The highest BCUT2D eigenvalue weighted by atomic mass is 16.3. The first kappa shape index (κ1) is 12.1. The number of aromatic nitrogens is 2. The van der Waals surface area contributed by atoms with E-state index in [9.17, 15) is 9.90 Å². The van der Waals surface area contributed by atoms with E-state index in [4.69, 9.17) is 0 Å². The van der Waals surface area contributed by atoms with Crippen molar-refractivity contribution in [2.24, 2.45) is 0 Å². The Morgan fingerprint density at radius 3 is 2.88 bits per heavy atom. The van der Waals surface area contributed by atoms with Gasteiger partial charge in [0.25, 0.3) is 0 Å². The van der Waals surface area contributed by atoms with Gasteiger partial charge in [-0.3, -0.25) is 9.48 Å². The summed E-state index contributed by atoms with van der Waals surface area (Å²) in [6.45, 7) is 0.961. The summed E-state index contributed by atoms with van der Waals surface area (Å²) < 4.78 is 1.73. The van der Waals surface area contributed by atoms with Gasteiger partial charge in [0.2, 0.25) is 5.91 Å². The van der Waals surface area contributed by atoms with Gasteiger partial charge in [-0.15, -0.1) is 0 Å². The first-order chi connectivity index (χ1) is 8.18. The van der Waals surface area contributed by atoms with Crippen LogP contribution in [0.2, 0.25) is 0 Å². The Morgan fingerprint density at radius 2 is 2.24 bits per heavy atom. The molecule has 1 aromatic heterocycles. The average Bonchev–Trinajstić information content (AvgIpc) is 2.95. The monoisotopic (exact) mass is 237 g/mol. The molecule has 2 rings (SSSR count). The van der Waals surface area contributed by atoms with Crippen molar-refractivity contribution < 1.29 is 9.90 Å². The predicted molar refractivity (Wildman–Crippen MR) is 63.3 cm³/mol. The van der Waals surface area contributed by atoms with Crippen molar-refractivity contribution in [1.29, 1.82) is 0 Å². The van der Waals surface area contributed by atoms with Crippen LogP contribution >= 0.6 is 0 Å². The summed E-state index contributed by atoms with van der Waals surface area (Å²) in [6.07, 6.45) is 7.63. The van der Waals surface area contributed by atoms with E-state index >= 15 is 0 Å². The molecule has 1 saturated carbocycles. The van der Waals surface area contributed by atoms with E-state index in [0.29, 0.717) is 19.5 Å². The van der Waals surface area contributed by atoms with E-state index in [1.807, 2.05) is 12.3 Å². The van der Waals surface area contributed by atoms with Gasteiger partial charge in [0, 0.05) is 31.9 Å². The van der Waals surface area contributed by atoms with Crippen molar-refractivity contribution in [3.8, 4) is 0 Å². The smallest absolute Gasteiger partial charge is 0.221 e. The molecule has 94 valence electrons. The number of amides is 1. The minimum absolute atomic E-state index is 0.0270. The fourth-order valence-corrected chi connectivity index (χ4v) is 2.21. The van der Waals surface area contributed by atoms with E-state index in [2.05, 4.69) is 10.4 Å². The van der Waals surface area contributed by atoms with E-state index < -0.39 is 5.60 Å². The number of aliphatic hydroxyl groups is 1. The molecule has 0 spiro atoms. The molecule has 17 heavy (non-hydrogen) atoms. The van der Waals surface area contributed by atoms with E-state index in [1.54, 1.807) is 10.9 Å². The van der Waals surface area contributed by atoms with Crippen LogP contribution in [0.5, 0.6) is 0 Å². The normalized spacial score (nSPS) is 18.2. The highest BCUT2D eigenvalue weighted by Crippen LogP contribution is 2.28. The molecule has 0 atom stereocenters. The Morgan fingerprint density at radius 1 is 1.47 bits per heavy atom. The topological polar surface area (TPSA) is 67.2 Å². The molecule has 0 aromatic carbocycles. The van der Waals surface area contributed by atoms with Crippen LogP contribution in [0.15, 0.2) is 18.5 Å². The van der Waals surface area contributed by atoms with E-state index in [0.717, 1.165) is 25.7 Å². The fraction of sp³-hybridized carbons (Fsp3) is 0.667. The van der Waals surface area contributed by atoms with Crippen LogP contribution in [0, 0.1) is 0 Å². The predicted octanol–water partition coefficient (Wildman–Crippen LogP) is 0.694. The Labute approximate surface area is 101 Å². The standard InChI is InChI=1S/C12H19N3O2/c16-11(4-9-15-8-3-7-14-15)13-10-12(17)5-1-2-6-12/h3,7-8,17H,1-2,4-6,9-10H2,(H,13,16). The lowest BCUT2D eigenvalue weighted by atomic mass is 10.0. The van der Waals surface area contributed by atoms with Gasteiger partial charge in [-0.05, 0) is 18.9 Å². The lowest BCUT2D eigenvalue weighted by Gasteiger charge is -2.22. The maximum Gasteiger partial charge on any atom is 0.221 e. The Balaban J connectivity index is 1.67.